The molecule has 3 aromatic carbocycles. The van der Waals surface area contributed by atoms with Gasteiger partial charge in [0.05, 0.1) is 10.6 Å². The van der Waals surface area contributed by atoms with Crippen LogP contribution in [0.1, 0.15) is 27.2 Å². The van der Waals surface area contributed by atoms with Crippen LogP contribution in [0.3, 0.4) is 0 Å². The molecule has 8 heteroatoms. The SMILES string of the molecule is Cc1cccc(S(=O)(=O)n2nc3c(c2NC(=O)c2cccc4ccccc24)CNC3)c1. The van der Waals surface area contributed by atoms with Crippen molar-refractivity contribution in [3.05, 3.63) is 89.1 Å². The van der Waals surface area contributed by atoms with E-state index in [1.54, 1.807) is 18.2 Å². The number of amides is 1. The first kappa shape index (κ1) is 19.5. The normalized spacial score (nSPS) is 13.3. The van der Waals surface area contributed by atoms with Crippen molar-refractivity contribution in [1.29, 1.82) is 0 Å². The van der Waals surface area contributed by atoms with Gasteiger partial charge in [-0.2, -0.15) is 13.5 Å². The van der Waals surface area contributed by atoms with Gasteiger partial charge in [0.1, 0.15) is 0 Å². The average molecular weight is 433 g/mol. The van der Waals surface area contributed by atoms with Crippen LogP contribution in [0.15, 0.2) is 71.6 Å². The summed E-state index contributed by atoms with van der Waals surface area (Å²) in [6.07, 6.45) is 0. The van der Waals surface area contributed by atoms with Crippen LogP contribution >= 0.6 is 0 Å². The molecule has 0 spiro atoms. The largest absolute Gasteiger partial charge is 0.307 e. The van der Waals surface area contributed by atoms with E-state index in [1.807, 2.05) is 49.4 Å². The molecule has 0 radical (unpaired) electrons. The predicted molar refractivity (Wildman–Crippen MR) is 118 cm³/mol. The number of hydrogen-bond acceptors (Lipinski definition) is 5. The Morgan fingerprint density at radius 2 is 1.81 bits per heavy atom. The van der Waals surface area contributed by atoms with Gasteiger partial charge in [-0.1, -0.05) is 48.5 Å². The molecule has 0 unspecified atom stereocenters. The van der Waals surface area contributed by atoms with E-state index in [-0.39, 0.29) is 16.6 Å². The summed E-state index contributed by atoms with van der Waals surface area (Å²) in [6, 6.07) is 19.7. The molecule has 0 saturated heterocycles. The van der Waals surface area contributed by atoms with Gasteiger partial charge in [-0.05, 0) is 41.5 Å². The Balaban J connectivity index is 1.61. The number of aromatic nitrogens is 2. The summed E-state index contributed by atoms with van der Waals surface area (Å²) in [5.74, 6) is -0.202. The van der Waals surface area contributed by atoms with Crippen molar-refractivity contribution in [2.45, 2.75) is 24.9 Å². The Morgan fingerprint density at radius 3 is 2.65 bits per heavy atom. The predicted octanol–water partition coefficient (Wildman–Crippen LogP) is 3.44. The Kier molecular flexibility index (Phi) is 4.60. The maximum atomic E-state index is 13.4. The number of hydrogen-bond donors (Lipinski definition) is 2. The van der Waals surface area contributed by atoms with Crippen LogP contribution in [0.2, 0.25) is 0 Å². The van der Waals surface area contributed by atoms with Crippen molar-refractivity contribution >= 4 is 32.5 Å². The van der Waals surface area contributed by atoms with Gasteiger partial charge >= 0.3 is 0 Å². The molecule has 0 saturated carbocycles. The van der Waals surface area contributed by atoms with Crippen LogP contribution in [-0.4, -0.2) is 23.5 Å². The molecule has 1 aliphatic heterocycles. The van der Waals surface area contributed by atoms with Crippen molar-refractivity contribution in [3.8, 4) is 0 Å². The van der Waals surface area contributed by atoms with E-state index >= 15 is 0 Å². The second-order valence-corrected chi connectivity index (χ2v) is 9.29. The van der Waals surface area contributed by atoms with Gasteiger partial charge in [-0.15, -0.1) is 4.09 Å². The summed E-state index contributed by atoms with van der Waals surface area (Å²) >= 11 is 0. The summed E-state index contributed by atoms with van der Waals surface area (Å²) in [7, 11) is -3.98. The van der Waals surface area contributed by atoms with Crippen LogP contribution in [0.5, 0.6) is 0 Å². The first-order valence-electron chi connectivity index (χ1n) is 9.88. The molecule has 0 bridgehead atoms. The highest BCUT2D eigenvalue weighted by atomic mass is 32.2. The minimum Gasteiger partial charge on any atom is -0.307 e. The van der Waals surface area contributed by atoms with Crippen molar-refractivity contribution in [3.63, 3.8) is 0 Å². The second-order valence-electron chi connectivity index (χ2n) is 7.52. The fourth-order valence-electron chi connectivity index (χ4n) is 3.88. The molecule has 0 fully saturated rings. The van der Waals surface area contributed by atoms with E-state index < -0.39 is 10.0 Å². The fraction of sp³-hybridized carbons (Fsp3) is 0.130. The number of anilines is 1. The summed E-state index contributed by atoms with van der Waals surface area (Å²) < 4.78 is 27.7. The number of benzene rings is 3. The van der Waals surface area contributed by atoms with Crippen molar-refractivity contribution < 1.29 is 13.2 Å². The minimum atomic E-state index is -3.98. The lowest BCUT2D eigenvalue weighted by atomic mass is 10.0. The molecule has 2 N–H and O–H groups in total. The highest BCUT2D eigenvalue weighted by Gasteiger charge is 2.30. The van der Waals surface area contributed by atoms with Gasteiger partial charge in [0.25, 0.3) is 15.9 Å². The molecule has 1 aliphatic rings. The highest BCUT2D eigenvalue weighted by molar-refractivity contribution is 7.90. The van der Waals surface area contributed by atoms with Gasteiger partial charge in [-0.3, -0.25) is 4.79 Å². The van der Waals surface area contributed by atoms with Crippen molar-refractivity contribution in [2.75, 3.05) is 5.32 Å². The zero-order valence-electron chi connectivity index (χ0n) is 16.8. The molecule has 0 aliphatic carbocycles. The first-order valence-corrected chi connectivity index (χ1v) is 11.3. The van der Waals surface area contributed by atoms with Gasteiger partial charge in [-0.25, -0.2) is 0 Å². The monoisotopic (exact) mass is 432 g/mol. The number of rotatable bonds is 4. The number of nitrogens with zero attached hydrogens (tertiary/aromatic N) is 2. The van der Waals surface area contributed by atoms with Crippen LogP contribution in [0.4, 0.5) is 5.82 Å². The van der Waals surface area contributed by atoms with E-state index in [2.05, 4.69) is 15.7 Å². The number of carbonyl (C=O) groups is 1. The highest BCUT2D eigenvalue weighted by Crippen LogP contribution is 2.29. The number of carbonyl (C=O) groups excluding carboxylic acids is 1. The lowest BCUT2D eigenvalue weighted by Crippen LogP contribution is -2.23. The molecule has 156 valence electrons. The fourth-order valence-corrected chi connectivity index (χ4v) is 5.26. The van der Waals surface area contributed by atoms with Crippen LogP contribution in [-0.2, 0) is 23.1 Å². The minimum absolute atomic E-state index is 0.127. The Bertz CT molecular complexity index is 1440. The molecule has 0 atom stereocenters. The van der Waals surface area contributed by atoms with E-state index in [4.69, 9.17) is 0 Å². The van der Waals surface area contributed by atoms with Gasteiger partial charge < -0.3 is 10.6 Å². The first-order chi connectivity index (χ1) is 14.9. The van der Waals surface area contributed by atoms with Crippen molar-refractivity contribution in [1.82, 2.24) is 14.5 Å². The van der Waals surface area contributed by atoms with Gasteiger partial charge in [0, 0.05) is 24.2 Å². The molecule has 7 nitrogen and oxygen atoms in total. The zero-order valence-corrected chi connectivity index (χ0v) is 17.6. The number of aryl methyl sites for hydroxylation is 1. The van der Waals surface area contributed by atoms with Crippen molar-refractivity contribution in [2.24, 2.45) is 0 Å². The maximum Gasteiger partial charge on any atom is 0.284 e. The Labute approximate surface area is 179 Å². The Hall–Kier alpha value is -3.49. The van der Waals surface area contributed by atoms with E-state index in [0.29, 0.717) is 29.9 Å². The summed E-state index contributed by atoms with van der Waals surface area (Å²) in [5.41, 5.74) is 2.59. The third kappa shape index (κ3) is 3.30. The van der Waals surface area contributed by atoms with E-state index in [1.165, 1.54) is 6.07 Å². The van der Waals surface area contributed by atoms with E-state index in [9.17, 15) is 13.2 Å². The third-order valence-corrected chi connectivity index (χ3v) is 6.98. The summed E-state index contributed by atoms with van der Waals surface area (Å²) in [4.78, 5) is 13.4. The smallest absolute Gasteiger partial charge is 0.284 e. The third-order valence-electron chi connectivity index (χ3n) is 5.41. The molecule has 5 rings (SSSR count). The average Bonchev–Trinajstić information content (AvgIpc) is 3.36. The van der Waals surface area contributed by atoms with Crippen LogP contribution < -0.4 is 10.6 Å². The second kappa shape index (κ2) is 7.33. The lowest BCUT2D eigenvalue weighted by Gasteiger charge is -2.13. The molecule has 2 heterocycles. The summed E-state index contributed by atoms with van der Waals surface area (Å²) in [5, 5.41) is 12.0. The Morgan fingerprint density at radius 1 is 1.03 bits per heavy atom. The molecule has 31 heavy (non-hydrogen) atoms. The van der Waals surface area contributed by atoms with Crippen LogP contribution in [0, 0.1) is 6.92 Å². The molecule has 4 aromatic rings. The van der Waals surface area contributed by atoms with Gasteiger partial charge in [0.15, 0.2) is 5.82 Å². The lowest BCUT2D eigenvalue weighted by molar-refractivity contribution is 0.102. The molecular weight excluding hydrogens is 412 g/mol. The van der Waals surface area contributed by atoms with E-state index in [0.717, 1.165) is 20.4 Å². The zero-order chi connectivity index (χ0) is 21.6. The topological polar surface area (TPSA) is 93.1 Å². The standard InChI is InChI=1S/C23H20N4O3S/c1-15-6-4-9-17(12-15)31(29,30)27-22(20-13-24-14-21(20)26-27)25-23(28)19-11-5-8-16-7-2-3-10-18(16)19/h2-12,24H,13-14H2,1H3,(H,25,28). The summed E-state index contributed by atoms with van der Waals surface area (Å²) in [6.45, 7) is 2.71. The van der Waals surface area contributed by atoms with Crippen LogP contribution in [0.25, 0.3) is 10.8 Å². The number of nitrogens with one attached hydrogen (secondary N) is 2. The molecule has 1 aromatic heterocycles. The quantitative estimate of drug-likeness (QED) is 0.515. The molecular formula is C23H20N4O3S. The maximum absolute atomic E-state index is 13.4. The number of fused-ring (bicyclic) bond motifs is 2. The van der Waals surface area contributed by atoms with Gasteiger partial charge in [0.2, 0.25) is 0 Å². The molecule has 1 amide bonds.